The van der Waals surface area contributed by atoms with E-state index in [-0.39, 0.29) is 24.6 Å². The summed E-state index contributed by atoms with van der Waals surface area (Å²) < 4.78 is 5.04. The topological polar surface area (TPSA) is 74.0 Å². The van der Waals surface area contributed by atoms with Crippen molar-refractivity contribution in [3.05, 3.63) is 24.2 Å². The lowest BCUT2D eigenvalue weighted by atomic mass is 10.3. The molecule has 100 valence electrons. The fourth-order valence-electron chi connectivity index (χ4n) is 1.42. The van der Waals surface area contributed by atoms with Crippen molar-refractivity contribution in [1.82, 2.24) is 9.80 Å². The Kier molecular flexibility index (Phi) is 5.38. The van der Waals surface area contributed by atoms with Crippen molar-refractivity contribution < 1.29 is 19.1 Å². The molecule has 0 atom stereocenters. The van der Waals surface area contributed by atoms with Crippen LogP contribution in [0.15, 0.2) is 22.8 Å². The summed E-state index contributed by atoms with van der Waals surface area (Å²) in [6.45, 7) is 1.33. The summed E-state index contributed by atoms with van der Waals surface area (Å²) in [6, 6.07) is 3.21. The van der Waals surface area contributed by atoms with Gasteiger partial charge in [-0.05, 0) is 26.2 Å². The summed E-state index contributed by atoms with van der Waals surface area (Å²) >= 11 is 0. The van der Waals surface area contributed by atoms with E-state index in [2.05, 4.69) is 0 Å². The van der Waals surface area contributed by atoms with E-state index in [1.165, 1.54) is 11.2 Å². The highest BCUT2D eigenvalue weighted by Gasteiger charge is 2.18. The van der Waals surface area contributed by atoms with Gasteiger partial charge in [0.15, 0.2) is 5.76 Å². The predicted octanol–water partition coefficient (Wildman–Crippen LogP) is 0.758. The second-order valence-electron chi connectivity index (χ2n) is 4.22. The number of nitrogens with zero attached hydrogens (tertiary/aromatic N) is 2. The second kappa shape index (κ2) is 6.80. The molecule has 0 aliphatic heterocycles. The van der Waals surface area contributed by atoms with Gasteiger partial charge in [-0.1, -0.05) is 0 Å². The van der Waals surface area contributed by atoms with E-state index >= 15 is 0 Å². The summed E-state index contributed by atoms with van der Waals surface area (Å²) in [5, 5.41) is 8.68. The lowest BCUT2D eigenvalue weighted by molar-refractivity contribution is -0.137. The van der Waals surface area contributed by atoms with Gasteiger partial charge in [-0.15, -0.1) is 0 Å². The van der Waals surface area contributed by atoms with Crippen LogP contribution in [0.4, 0.5) is 0 Å². The van der Waals surface area contributed by atoms with Crippen LogP contribution in [0.1, 0.15) is 17.0 Å². The van der Waals surface area contributed by atoms with E-state index in [4.69, 9.17) is 9.52 Å². The maximum Gasteiger partial charge on any atom is 0.305 e. The minimum atomic E-state index is -0.919. The lowest BCUT2D eigenvalue weighted by Crippen LogP contribution is -2.37. The summed E-state index contributed by atoms with van der Waals surface area (Å²) in [7, 11) is 3.79. The minimum absolute atomic E-state index is 0.0696. The maximum absolute atomic E-state index is 12.1. The van der Waals surface area contributed by atoms with Crippen molar-refractivity contribution in [3.63, 3.8) is 0 Å². The molecule has 1 aromatic heterocycles. The molecule has 0 aromatic carbocycles. The van der Waals surface area contributed by atoms with E-state index in [0.29, 0.717) is 13.1 Å². The summed E-state index contributed by atoms with van der Waals surface area (Å²) in [6.07, 6.45) is 1.36. The van der Waals surface area contributed by atoms with Gasteiger partial charge in [-0.2, -0.15) is 0 Å². The predicted molar refractivity (Wildman–Crippen MR) is 65.4 cm³/mol. The highest BCUT2D eigenvalue weighted by molar-refractivity contribution is 5.91. The van der Waals surface area contributed by atoms with Crippen molar-refractivity contribution in [1.29, 1.82) is 0 Å². The molecule has 0 saturated heterocycles. The summed E-state index contributed by atoms with van der Waals surface area (Å²) in [4.78, 5) is 26.1. The molecular formula is C12H18N2O4. The van der Waals surface area contributed by atoms with Gasteiger partial charge in [-0.25, -0.2) is 0 Å². The number of likely N-dealkylation sites (N-methyl/N-ethyl adjacent to an activating group) is 1. The maximum atomic E-state index is 12.1. The van der Waals surface area contributed by atoms with E-state index < -0.39 is 5.97 Å². The van der Waals surface area contributed by atoms with E-state index in [1.54, 1.807) is 12.1 Å². The van der Waals surface area contributed by atoms with Crippen LogP contribution in [0.2, 0.25) is 0 Å². The monoisotopic (exact) mass is 254 g/mol. The first-order valence-electron chi connectivity index (χ1n) is 5.70. The van der Waals surface area contributed by atoms with Gasteiger partial charge < -0.3 is 19.3 Å². The Bertz CT molecular complexity index is 387. The molecule has 0 bridgehead atoms. The van der Waals surface area contributed by atoms with Crippen molar-refractivity contribution >= 4 is 11.9 Å². The minimum Gasteiger partial charge on any atom is -0.481 e. The molecule has 1 amide bonds. The van der Waals surface area contributed by atoms with Gasteiger partial charge >= 0.3 is 5.97 Å². The quantitative estimate of drug-likeness (QED) is 0.777. The zero-order valence-corrected chi connectivity index (χ0v) is 10.6. The van der Waals surface area contributed by atoms with Crippen LogP contribution in [0.3, 0.4) is 0 Å². The zero-order valence-electron chi connectivity index (χ0n) is 10.6. The van der Waals surface area contributed by atoms with Crippen LogP contribution in [-0.2, 0) is 4.79 Å². The number of hydrogen-bond acceptors (Lipinski definition) is 4. The number of furan rings is 1. The molecular weight excluding hydrogens is 236 g/mol. The standard InChI is InChI=1S/C12H18N2O4/c1-13(2)7-8-14(6-5-11(15)16)12(17)10-4-3-9-18-10/h3-4,9H,5-8H2,1-2H3,(H,15,16). The van der Waals surface area contributed by atoms with Crippen molar-refractivity contribution in [2.75, 3.05) is 33.7 Å². The fraction of sp³-hybridized carbons (Fsp3) is 0.500. The molecule has 0 aliphatic rings. The Morgan fingerprint density at radius 1 is 1.28 bits per heavy atom. The number of hydrogen-bond donors (Lipinski definition) is 1. The fourth-order valence-corrected chi connectivity index (χ4v) is 1.42. The molecule has 6 heteroatoms. The first-order valence-corrected chi connectivity index (χ1v) is 5.70. The first kappa shape index (κ1) is 14.2. The van der Waals surface area contributed by atoms with Gasteiger partial charge in [0, 0.05) is 19.6 Å². The molecule has 0 spiro atoms. The molecule has 0 saturated carbocycles. The molecule has 1 heterocycles. The molecule has 1 rings (SSSR count). The van der Waals surface area contributed by atoms with Crippen molar-refractivity contribution in [3.8, 4) is 0 Å². The van der Waals surface area contributed by atoms with Crippen molar-refractivity contribution in [2.24, 2.45) is 0 Å². The molecule has 0 radical (unpaired) electrons. The van der Waals surface area contributed by atoms with Crippen LogP contribution in [-0.4, -0.2) is 60.5 Å². The van der Waals surface area contributed by atoms with Gasteiger partial charge in [0.05, 0.1) is 12.7 Å². The zero-order chi connectivity index (χ0) is 13.5. The van der Waals surface area contributed by atoms with Crippen LogP contribution >= 0.6 is 0 Å². The third-order valence-electron chi connectivity index (χ3n) is 2.43. The number of aliphatic carboxylic acids is 1. The van der Waals surface area contributed by atoms with E-state index in [1.807, 2.05) is 19.0 Å². The van der Waals surface area contributed by atoms with Crippen molar-refractivity contribution in [2.45, 2.75) is 6.42 Å². The van der Waals surface area contributed by atoms with Crippen LogP contribution in [0.5, 0.6) is 0 Å². The Morgan fingerprint density at radius 3 is 2.50 bits per heavy atom. The number of carboxylic acids is 1. The third-order valence-corrected chi connectivity index (χ3v) is 2.43. The lowest BCUT2D eigenvalue weighted by Gasteiger charge is -2.22. The molecule has 6 nitrogen and oxygen atoms in total. The molecule has 1 aromatic rings. The molecule has 0 aliphatic carbocycles. The van der Waals surface area contributed by atoms with Gasteiger partial charge in [0.2, 0.25) is 0 Å². The highest BCUT2D eigenvalue weighted by Crippen LogP contribution is 2.06. The summed E-state index contributed by atoms with van der Waals surface area (Å²) in [5.74, 6) is -0.959. The van der Waals surface area contributed by atoms with Crippen LogP contribution < -0.4 is 0 Å². The van der Waals surface area contributed by atoms with Crippen LogP contribution in [0.25, 0.3) is 0 Å². The number of carboxylic acid groups (broad SMARTS) is 1. The normalized spacial score (nSPS) is 10.6. The number of rotatable bonds is 7. The summed E-state index contributed by atoms with van der Waals surface area (Å²) in [5.41, 5.74) is 0. The molecule has 0 fully saturated rings. The third kappa shape index (κ3) is 4.58. The first-order chi connectivity index (χ1) is 8.50. The Hall–Kier alpha value is -1.82. The van der Waals surface area contributed by atoms with Gasteiger partial charge in [0.1, 0.15) is 0 Å². The molecule has 0 unspecified atom stereocenters. The second-order valence-corrected chi connectivity index (χ2v) is 4.22. The smallest absolute Gasteiger partial charge is 0.305 e. The average molecular weight is 254 g/mol. The van der Waals surface area contributed by atoms with Gasteiger partial charge in [0.25, 0.3) is 5.91 Å². The Balaban J connectivity index is 2.63. The molecule has 1 N–H and O–H groups in total. The average Bonchev–Trinajstić information content (AvgIpc) is 2.81. The SMILES string of the molecule is CN(C)CCN(CCC(=O)O)C(=O)c1ccco1. The molecule has 18 heavy (non-hydrogen) atoms. The number of carbonyl (C=O) groups excluding carboxylic acids is 1. The highest BCUT2D eigenvalue weighted by atomic mass is 16.4. The Labute approximate surface area is 106 Å². The Morgan fingerprint density at radius 2 is 2.00 bits per heavy atom. The van der Waals surface area contributed by atoms with Gasteiger partial charge in [-0.3, -0.25) is 9.59 Å². The van der Waals surface area contributed by atoms with Crippen LogP contribution in [0, 0.1) is 0 Å². The van der Waals surface area contributed by atoms with E-state index in [0.717, 1.165) is 0 Å². The largest absolute Gasteiger partial charge is 0.481 e. The number of carbonyl (C=O) groups is 2. The number of amides is 1. The van der Waals surface area contributed by atoms with E-state index in [9.17, 15) is 9.59 Å².